The number of amides is 1. The molecule has 144 valence electrons. The molecular weight excluding hydrogens is 344 g/mol. The van der Waals surface area contributed by atoms with Gasteiger partial charge in [0.25, 0.3) is 0 Å². The maximum Gasteiger partial charge on any atom is 0.412 e. The molecule has 0 radical (unpaired) electrons. The molecule has 1 atom stereocenters. The van der Waals surface area contributed by atoms with E-state index in [-0.39, 0.29) is 0 Å². The van der Waals surface area contributed by atoms with Gasteiger partial charge in [-0.1, -0.05) is 26.8 Å². The van der Waals surface area contributed by atoms with Crippen LogP contribution in [0.1, 0.15) is 37.6 Å². The molecule has 0 saturated carbocycles. The van der Waals surface area contributed by atoms with Gasteiger partial charge in [0.15, 0.2) is 6.29 Å². The van der Waals surface area contributed by atoms with E-state index in [1.165, 1.54) is 7.11 Å². The van der Waals surface area contributed by atoms with Gasteiger partial charge in [0.1, 0.15) is 11.6 Å². The van der Waals surface area contributed by atoms with Crippen molar-refractivity contribution in [2.45, 2.75) is 27.2 Å². The third-order valence-electron chi connectivity index (χ3n) is 4.04. The Morgan fingerprint density at radius 2 is 1.93 bits per heavy atom. The van der Waals surface area contributed by atoms with Crippen LogP contribution in [0.25, 0.3) is 11.1 Å². The molecule has 0 aliphatic rings. The van der Waals surface area contributed by atoms with Crippen molar-refractivity contribution >= 4 is 18.2 Å². The van der Waals surface area contributed by atoms with Crippen molar-refractivity contribution in [1.82, 2.24) is 4.98 Å². The summed E-state index contributed by atoms with van der Waals surface area (Å²) in [6.45, 7) is 7.07. The standard InChI is InChI=1S/C21H26N2O4/c1-14(2)9-15(3)13-27-19-6-5-16(10-18(19)12-24)17-7-8-22-20(11-17)23-21(25)26-4/h5-8,10-12,14-15H,9,13H2,1-4H3,(H,22,23,25)/t15-/m1/s1. The van der Waals surface area contributed by atoms with E-state index >= 15 is 0 Å². The van der Waals surface area contributed by atoms with Gasteiger partial charge in [-0.25, -0.2) is 9.78 Å². The van der Waals surface area contributed by atoms with Crippen molar-refractivity contribution in [2.24, 2.45) is 11.8 Å². The Bertz CT molecular complexity index is 790. The molecule has 2 rings (SSSR count). The molecule has 0 fully saturated rings. The zero-order valence-corrected chi connectivity index (χ0v) is 16.2. The Morgan fingerprint density at radius 3 is 2.59 bits per heavy atom. The smallest absolute Gasteiger partial charge is 0.412 e. The van der Waals surface area contributed by atoms with Gasteiger partial charge >= 0.3 is 6.09 Å². The molecule has 1 aromatic carbocycles. The minimum Gasteiger partial charge on any atom is -0.493 e. The Labute approximate surface area is 159 Å². The topological polar surface area (TPSA) is 77.5 Å². The summed E-state index contributed by atoms with van der Waals surface area (Å²) in [6, 6.07) is 8.97. The van der Waals surface area contributed by atoms with Gasteiger partial charge in [-0.05, 0) is 53.6 Å². The molecule has 2 aromatic rings. The quantitative estimate of drug-likeness (QED) is 0.675. The first-order valence-electron chi connectivity index (χ1n) is 8.96. The second-order valence-electron chi connectivity index (χ2n) is 6.96. The number of pyridine rings is 1. The van der Waals surface area contributed by atoms with Crippen LogP contribution in [-0.4, -0.2) is 31.1 Å². The van der Waals surface area contributed by atoms with Gasteiger partial charge in [-0.2, -0.15) is 0 Å². The van der Waals surface area contributed by atoms with Gasteiger partial charge in [-0.3, -0.25) is 10.1 Å². The molecule has 0 aliphatic heterocycles. The lowest BCUT2D eigenvalue weighted by Gasteiger charge is -2.16. The van der Waals surface area contributed by atoms with E-state index in [4.69, 9.17) is 4.74 Å². The second kappa shape index (κ2) is 9.71. The molecule has 1 amide bonds. The van der Waals surface area contributed by atoms with Crippen LogP contribution in [0.4, 0.5) is 10.6 Å². The van der Waals surface area contributed by atoms with Crippen LogP contribution in [0, 0.1) is 11.8 Å². The number of benzene rings is 1. The van der Waals surface area contributed by atoms with Crippen LogP contribution in [0.2, 0.25) is 0 Å². The summed E-state index contributed by atoms with van der Waals surface area (Å²) < 4.78 is 10.4. The van der Waals surface area contributed by atoms with Crippen LogP contribution in [-0.2, 0) is 4.74 Å². The van der Waals surface area contributed by atoms with Crippen LogP contribution in [0.3, 0.4) is 0 Å². The fraction of sp³-hybridized carbons (Fsp3) is 0.381. The predicted octanol–water partition coefficient (Wildman–Crippen LogP) is 4.80. The summed E-state index contributed by atoms with van der Waals surface area (Å²) in [5, 5.41) is 2.52. The lowest BCUT2D eigenvalue weighted by molar-refractivity contribution is 0.111. The lowest BCUT2D eigenvalue weighted by atomic mass is 10.00. The highest BCUT2D eigenvalue weighted by Crippen LogP contribution is 2.27. The summed E-state index contributed by atoms with van der Waals surface area (Å²) in [4.78, 5) is 26.9. The van der Waals surface area contributed by atoms with Crippen LogP contribution >= 0.6 is 0 Å². The normalized spacial score (nSPS) is 11.7. The Hall–Kier alpha value is -2.89. The van der Waals surface area contributed by atoms with Gasteiger partial charge < -0.3 is 9.47 Å². The fourth-order valence-corrected chi connectivity index (χ4v) is 2.89. The highest BCUT2D eigenvalue weighted by molar-refractivity contribution is 5.86. The van der Waals surface area contributed by atoms with Crippen LogP contribution < -0.4 is 10.1 Å². The number of methoxy groups -OCH3 is 1. The highest BCUT2D eigenvalue weighted by atomic mass is 16.5. The monoisotopic (exact) mass is 370 g/mol. The van der Waals surface area contributed by atoms with E-state index in [1.54, 1.807) is 30.5 Å². The lowest BCUT2D eigenvalue weighted by Crippen LogP contribution is -2.12. The number of nitrogens with one attached hydrogen (secondary N) is 1. The number of aromatic nitrogens is 1. The molecule has 0 aliphatic carbocycles. The SMILES string of the molecule is COC(=O)Nc1cc(-c2ccc(OC[C@H](C)CC(C)C)c(C=O)c2)ccn1. The Balaban J connectivity index is 2.17. The first kappa shape index (κ1) is 20.4. The average Bonchev–Trinajstić information content (AvgIpc) is 2.65. The van der Waals surface area contributed by atoms with Gasteiger partial charge in [0.2, 0.25) is 0 Å². The zero-order valence-electron chi connectivity index (χ0n) is 16.2. The molecule has 6 heteroatoms. The summed E-state index contributed by atoms with van der Waals surface area (Å²) in [5.74, 6) is 1.97. The molecule has 0 spiro atoms. The van der Waals surface area contributed by atoms with Crippen molar-refractivity contribution in [3.63, 3.8) is 0 Å². The number of ether oxygens (including phenoxy) is 2. The Kier molecular flexibility index (Phi) is 7.34. The minimum absolute atomic E-state index is 0.370. The van der Waals surface area contributed by atoms with Gasteiger partial charge in [0.05, 0.1) is 19.3 Å². The molecule has 0 unspecified atom stereocenters. The number of carbonyl (C=O) groups is 2. The zero-order chi connectivity index (χ0) is 19.8. The van der Waals surface area contributed by atoms with Crippen molar-refractivity contribution in [2.75, 3.05) is 19.0 Å². The van der Waals surface area contributed by atoms with Crippen LogP contribution in [0.15, 0.2) is 36.5 Å². The third kappa shape index (κ3) is 6.09. The number of hydrogen-bond donors (Lipinski definition) is 1. The number of hydrogen-bond acceptors (Lipinski definition) is 5. The summed E-state index contributed by atoms with van der Waals surface area (Å²) in [7, 11) is 1.29. The van der Waals surface area contributed by atoms with E-state index < -0.39 is 6.09 Å². The second-order valence-corrected chi connectivity index (χ2v) is 6.96. The van der Waals surface area contributed by atoms with Gasteiger partial charge in [0, 0.05) is 6.20 Å². The summed E-state index contributed by atoms with van der Waals surface area (Å²) >= 11 is 0. The molecule has 0 saturated heterocycles. The highest BCUT2D eigenvalue weighted by Gasteiger charge is 2.11. The molecule has 1 N–H and O–H groups in total. The first-order chi connectivity index (χ1) is 12.9. The molecule has 27 heavy (non-hydrogen) atoms. The molecule has 6 nitrogen and oxygen atoms in total. The number of anilines is 1. The number of nitrogens with zero attached hydrogens (tertiary/aromatic N) is 1. The third-order valence-corrected chi connectivity index (χ3v) is 4.04. The molecule has 1 heterocycles. The average molecular weight is 370 g/mol. The maximum atomic E-state index is 11.5. The molecular formula is C21H26N2O4. The van der Waals surface area contributed by atoms with Crippen LogP contribution in [0.5, 0.6) is 5.75 Å². The van der Waals surface area contributed by atoms with E-state index in [0.29, 0.717) is 35.6 Å². The molecule has 0 bridgehead atoms. The van der Waals surface area contributed by atoms with Gasteiger partial charge in [-0.15, -0.1) is 0 Å². The van der Waals surface area contributed by atoms with E-state index in [0.717, 1.165) is 23.8 Å². The van der Waals surface area contributed by atoms with E-state index in [1.807, 2.05) is 6.07 Å². The Morgan fingerprint density at radius 1 is 1.19 bits per heavy atom. The number of aldehydes is 1. The van der Waals surface area contributed by atoms with E-state index in [2.05, 4.69) is 35.8 Å². The summed E-state index contributed by atoms with van der Waals surface area (Å²) in [5.41, 5.74) is 2.14. The van der Waals surface area contributed by atoms with E-state index in [9.17, 15) is 9.59 Å². The largest absolute Gasteiger partial charge is 0.493 e. The minimum atomic E-state index is -0.590. The maximum absolute atomic E-state index is 11.5. The number of carbonyl (C=O) groups excluding carboxylic acids is 2. The van der Waals surface area contributed by atoms with Crippen molar-refractivity contribution in [1.29, 1.82) is 0 Å². The van der Waals surface area contributed by atoms with Crippen molar-refractivity contribution in [3.05, 3.63) is 42.1 Å². The predicted molar refractivity (Wildman–Crippen MR) is 105 cm³/mol. The summed E-state index contributed by atoms with van der Waals surface area (Å²) in [6.07, 6.45) is 2.86. The molecule has 1 aromatic heterocycles. The first-order valence-corrected chi connectivity index (χ1v) is 8.96. The number of rotatable bonds is 8. The fourth-order valence-electron chi connectivity index (χ4n) is 2.89. The van der Waals surface area contributed by atoms with Crippen molar-refractivity contribution < 1.29 is 19.1 Å². The van der Waals surface area contributed by atoms with Crippen molar-refractivity contribution in [3.8, 4) is 16.9 Å².